The molecule has 0 saturated heterocycles. The first-order valence-corrected chi connectivity index (χ1v) is 2.40. The summed E-state index contributed by atoms with van der Waals surface area (Å²) >= 11 is 0. The molecule has 0 fully saturated rings. The molecule has 0 aromatic rings. The summed E-state index contributed by atoms with van der Waals surface area (Å²) < 4.78 is 0. The van der Waals surface area contributed by atoms with Gasteiger partial charge in [0.05, 0.1) is 0 Å². The predicted molar refractivity (Wildman–Crippen MR) is 33.5 cm³/mol. The number of hydrogen-bond acceptors (Lipinski definition) is 2. The van der Waals surface area contributed by atoms with Gasteiger partial charge in [0.25, 0.3) is 0 Å². The highest BCUT2D eigenvalue weighted by molar-refractivity contribution is 5.43. The van der Waals surface area contributed by atoms with Crippen molar-refractivity contribution in [3.8, 4) is 0 Å². The fourth-order valence-corrected chi connectivity index (χ4v) is 0.144. The molecular formula is C5H12N2O. The third kappa shape index (κ3) is 52.1. The molecule has 0 atom stereocenters. The maximum Gasteiger partial charge on any atom is 0.306 e. The van der Waals surface area contributed by atoms with E-state index in [1.807, 2.05) is 0 Å². The van der Waals surface area contributed by atoms with Crippen LogP contribution in [0.2, 0.25) is 0 Å². The molecule has 0 aromatic carbocycles. The lowest BCUT2D eigenvalue weighted by molar-refractivity contribution is 0.557. The maximum atomic E-state index is 8.46. The van der Waals surface area contributed by atoms with Crippen LogP contribution in [0, 0.1) is 6.92 Å². The van der Waals surface area contributed by atoms with Crippen molar-refractivity contribution >= 4 is 6.41 Å². The summed E-state index contributed by atoms with van der Waals surface area (Å²) in [6.45, 7) is 4.38. The Bertz CT molecular complexity index is 37.4. The molecule has 0 aliphatic carbocycles. The smallest absolute Gasteiger partial charge is 0.306 e. The Labute approximate surface area is 50.0 Å². The van der Waals surface area contributed by atoms with Gasteiger partial charge in [-0.3, -0.25) is 4.79 Å². The Morgan fingerprint density at radius 3 is 2.00 bits per heavy atom. The summed E-state index contributed by atoms with van der Waals surface area (Å²) in [5, 5.41) is 0. The second-order valence-corrected chi connectivity index (χ2v) is 1.11. The zero-order valence-electron chi connectivity index (χ0n) is 4.89. The van der Waals surface area contributed by atoms with E-state index in [1.54, 1.807) is 0 Å². The SMILES string of the molecule is N[C]=O.[CH2]CCCN. The van der Waals surface area contributed by atoms with Crippen molar-refractivity contribution in [2.45, 2.75) is 12.8 Å². The number of rotatable bonds is 2. The highest BCUT2D eigenvalue weighted by atomic mass is 16.1. The van der Waals surface area contributed by atoms with Crippen LogP contribution >= 0.6 is 0 Å². The van der Waals surface area contributed by atoms with Crippen LogP contribution in [0.25, 0.3) is 0 Å². The molecule has 3 nitrogen and oxygen atoms in total. The van der Waals surface area contributed by atoms with Gasteiger partial charge in [-0.2, -0.15) is 0 Å². The second-order valence-electron chi connectivity index (χ2n) is 1.11. The minimum atomic E-state index is 0.781. The van der Waals surface area contributed by atoms with Gasteiger partial charge in [-0.25, -0.2) is 0 Å². The van der Waals surface area contributed by atoms with Crippen molar-refractivity contribution in [2.24, 2.45) is 11.5 Å². The lowest BCUT2D eigenvalue weighted by Gasteiger charge is -1.80. The normalized spacial score (nSPS) is 6.75. The van der Waals surface area contributed by atoms with E-state index in [0.717, 1.165) is 25.8 Å². The summed E-state index contributed by atoms with van der Waals surface area (Å²) in [6.07, 6.45) is 3.02. The number of nitrogens with two attached hydrogens (primary N) is 2. The standard InChI is InChI=1S/C4H10N.CH2NO/c1-2-3-4-5;2-1-3/h1-5H2;(H2,2,3). The first kappa shape index (κ1) is 10.4. The third-order valence-corrected chi connectivity index (χ3v) is 0.454. The van der Waals surface area contributed by atoms with Gasteiger partial charge in [-0.05, 0) is 13.0 Å². The second kappa shape index (κ2) is 16.1. The van der Waals surface area contributed by atoms with E-state index in [4.69, 9.17) is 10.5 Å². The summed E-state index contributed by atoms with van der Waals surface area (Å²) in [4.78, 5) is 8.46. The van der Waals surface area contributed by atoms with Crippen LogP contribution in [-0.4, -0.2) is 13.0 Å². The molecule has 8 heavy (non-hydrogen) atoms. The average molecular weight is 116 g/mol. The number of carbonyl (C=O) groups excluding carboxylic acids is 1. The monoisotopic (exact) mass is 116 g/mol. The Morgan fingerprint density at radius 2 is 2.00 bits per heavy atom. The zero-order chi connectivity index (χ0) is 6.83. The van der Waals surface area contributed by atoms with Crippen molar-refractivity contribution in [2.75, 3.05) is 6.54 Å². The van der Waals surface area contributed by atoms with Crippen LogP contribution in [0.3, 0.4) is 0 Å². The van der Waals surface area contributed by atoms with Gasteiger partial charge in [-0.15, -0.1) is 0 Å². The van der Waals surface area contributed by atoms with Gasteiger partial charge < -0.3 is 11.5 Å². The molecular weight excluding hydrogens is 104 g/mol. The molecule has 0 aliphatic rings. The van der Waals surface area contributed by atoms with E-state index in [-0.39, 0.29) is 0 Å². The van der Waals surface area contributed by atoms with Crippen LogP contribution in [0.1, 0.15) is 12.8 Å². The molecule has 0 rings (SSSR count). The van der Waals surface area contributed by atoms with Gasteiger partial charge >= 0.3 is 6.41 Å². The molecule has 0 saturated carbocycles. The molecule has 0 spiro atoms. The van der Waals surface area contributed by atoms with Gasteiger partial charge in [0.15, 0.2) is 0 Å². The Balaban J connectivity index is 0. The van der Waals surface area contributed by atoms with Crippen molar-refractivity contribution < 1.29 is 4.79 Å². The van der Waals surface area contributed by atoms with E-state index in [2.05, 4.69) is 12.7 Å². The van der Waals surface area contributed by atoms with E-state index in [0.29, 0.717) is 0 Å². The number of unbranched alkanes of at least 4 members (excludes halogenated alkanes) is 1. The summed E-state index contributed by atoms with van der Waals surface area (Å²) in [6, 6.07) is 0. The summed E-state index contributed by atoms with van der Waals surface area (Å²) in [7, 11) is 0. The van der Waals surface area contributed by atoms with Gasteiger partial charge in [-0.1, -0.05) is 13.3 Å². The maximum absolute atomic E-state index is 8.46. The van der Waals surface area contributed by atoms with Crippen molar-refractivity contribution in [3.05, 3.63) is 6.92 Å². The molecule has 1 amide bonds. The highest BCUT2D eigenvalue weighted by Gasteiger charge is 1.68. The minimum Gasteiger partial charge on any atom is -0.361 e. The Morgan fingerprint density at radius 1 is 1.62 bits per heavy atom. The highest BCUT2D eigenvalue weighted by Crippen LogP contribution is 1.76. The van der Waals surface area contributed by atoms with E-state index < -0.39 is 0 Å². The van der Waals surface area contributed by atoms with E-state index >= 15 is 0 Å². The molecule has 0 heterocycles. The molecule has 3 heteroatoms. The van der Waals surface area contributed by atoms with Crippen molar-refractivity contribution in [3.63, 3.8) is 0 Å². The lowest BCUT2D eigenvalue weighted by atomic mass is 10.3. The first-order chi connectivity index (χ1) is 3.83. The molecule has 0 unspecified atom stereocenters. The summed E-state index contributed by atoms with van der Waals surface area (Å²) in [5.74, 6) is 0. The van der Waals surface area contributed by atoms with Crippen molar-refractivity contribution in [1.82, 2.24) is 0 Å². The zero-order valence-corrected chi connectivity index (χ0v) is 4.89. The molecule has 2 radical (unpaired) electrons. The number of primary amides is 1. The number of amides is 1. The van der Waals surface area contributed by atoms with E-state index in [9.17, 15) is 0 Å². The van der Waals surface area contributed by atoms with Crippen molar-refractivity contribution in [1.29, 1.82) is 0 Å². The lowest BCUT2D eigenvalue weighted by Crippen LogP contribution is -1.95. The quantitative estimate of drug-likeness (QED) is 0.481. The van der Waals surface area contributed by atoms with Gasteiger partial charge in [0.1, 0.15) is 0 Å². The molecule has 48 valence electrons. The first-order valence-electron chi connectivity index (χ1n) is 2.40. The van der Waals surface area contributed by atoms with Crippen LogP contribution in [0.5, 0.6) is 0 Å². The van der Waals surface area contributed by atoms with Crippen LogP contribution in [-0.2, 0) is 4.79 Å². The average Bonchev–Trinajstić information content (AvgIpc) is 1.71. The Hall–Kier alpha value is -0.570. The molecule has 0 aliphatic heterocycles. The fraction of sp³-hybridized carbons (Fsp3) is 0.600. The molecule has 0 aromatic heterocycles. The van der Waals surface area contributed by atoms with Gasteiger partial charge in [0.2, 0.25) is 0 Å². The summed E-state index contributed by atoms with van der Waals surface area (Å²) in [5.41, 5.74) is 9.14. The van der Waals surface area contributed by atoms with Crippen LogP contribution < -0.4 is 11.5 Å². The van der Waals surface area contributed by atoms with Crippen LogP contribution in [0.4, 0.5) is 0 Å². The Kier molecular flexibility index (Phi) is 21.0. The largest absolute Gasteiger partial charge is 0.361 e. The minimum absolute atomic E-state index is 0.781. The molecule has 4 N–H and O–H groups in total. The van der Waals surface area contributed by atoms with E-state index in [1.165, 1.54) is 0 Å². The molecule has 0 bridgehead atoms. The number of hydrogen-bond donors (Lipinski definition) is 2. The third-order valence-electron chi connectivity index (χ3n) is 0.454. The van der Waals surface area contributed by atoms with Gasteiger partial charge in [0, 0.05) is 0 Å². The topological polar surface area (TPSA) is 69.1 Å². The van der Waals surface area contributed by atoms with Crippen LogP contribution in [0.15, 0.2) is 0 Å². The fourth-order valence-electron chi connectivity index (χ4n) is 0.144. The predicted octanol–water partition coefficient (Wildman–Crippen LogP) is -0.428.